The number of amides is 1. The van der Waals surface area contributed by atoms with E-state index in [1.807, 2.05) is 0 Å². The predicted molar refractivity (Wildman–Crippen MR) is 75.6 cm³/mol. The SMILES string of the molecule is CC(C)(C)OC(=O)Nc1ccccc1CC(N)C(=O)O. The number of rotatable bonds is 4. The molecule has 4 N–H and O–H groups in total. The van der Waals surface area contributed by atoms with Gasteiger partial charge in [-0.2, -0.15) is 0 Å². The van der Waals surface area contributed by atoms with Crippen molar-refractivity contribution in [2.45, 2.75) is 38.8 Å². The molecule has 0 bridgehead atoms. The lowest BCUT2D eigenvalue weighted by atomic mass is 10.0. The smallest absolute Gasteiger partial charge is 0.412 e. The number of ether oxygens (including phenoxy) is 1. The number of carbonyl (C=O) groups is 2. The van der Waals surface area contributed by atoms with E-state index in [-0.39, 0.29) is 6.42 Å². The lowest BCUT2D eigenvalue weighted by molar-refractivity contribution is -0.138. The third kappa shape index (κ3) is 5.27. The molecule has 0 aromatic heterocycles. The van der Waals surface area contributed by atoms with Gasteiger partial charge in [0.1, 0.15) is 11.6 Å². The van der Waals surface area contributed by atoms with Gasteiger partial charge in [-0.1, -0.05) is 18.2 Å². The normalized spacial score (nSPS) is 12.6. The van der Waals surface area contributed by atoms with Crippen molar-refractivity contribution < 1.29 is 19.4 Å². The Hall–Kier alpha value is -2.08. The molecular weight excluding hydrogens is 260 g/mol. The molecule has 110 valence electrons. The number of aliphatic carboxylic acids is 1. The van der Waals surface area contributed by atoms with E-state index < -0.39 is 23.7 Å². The summed E-state index contributed by atoms with van der Waals surface area (Å²) in [6, 6.07) is 5.87. The number of para-hydroxylation sites is 1. The van der Waals surface area contributed by atoms with Crippen LogP contribution in [0.4, 0.5) is 10.5 Å². The number of anilines is 1. The Bertz CT molecular complexity index is 494. The van der Waals surface area contributed by atoms with Crippen molar-refractivity contribution in [2.75, 3.05) is 5.32 Å². The zero-order valence-electron chi connectivity index (χ0n) is 11.8. The number of carbonyl (C=O) groups excluding carboxylic acids is 1. The summed E-state index contributed by atoms with van der Waals surface area (Å²) in [6.45, 7) is 5.29. The topological polar surface area (TPSA) is 102 Å². The fourth-order valence-electron chi connectivity index (χ4n) is 1.56. The van der Waals surface area contributed by atoms with Gasteiger partial charge in [-0.3, -0.25) is 10.1 Å². The second kappa shape index (κ2) is 6.38. The van der Waals surface area contributed by atoms with E-state index in [0.717, 1.165) is 0 Å². The van der Waals surface area contributed by atoms with Gasteiger partial charge < -0.3 is 15.6 Å². The van der Waals surface area contributed by atoms with Gasteiger partial charge in [-0.15, -0.1) is 0 Å². The molecule has 1 aromatic carbocycles. The average Bonchev–Trinajstić information content (AvgIpc) is 2.28. The Balaban J connectivity index is 2.80. The summed E-state index contributed by atoms with van der Waals surface area (Å²) in [7, 11) is 0. The van der Waals surface area contributed by atoms with E-state index in [9.17, 15) is 9.59 Å². The second-order valence-corrected chi connectivity index (χ2v) is 5.43. The molecular formula is C14H20N2O4. The summed E-state index contributed by atoms with van der Waals surface area (Å²) < 4.78 is 5.15. The minimum atomic E-state index is -1.09. The summed E-state index contributed by atoms with van der Waals surface area (Å²) in [4.78, 5) is 22.5. The molecule has 0 radical (unpaired) electrons. The molecule has 0 heterocycles. The lowest BCUT2D eigenvalue weighted by Gasteiger charge is -2.20. The van der Waals surface area contributed by atoms with E-state index in [4.69, 9.17) is 15.6 Å². The fourth-order valence-corrected chi connectivity index (χ4v) is 1.56. The minimum Gasteiger partial charge on any atom is -0.480 e. The van der Waals surface area contributed by atoms with Gasteiger partial charge in [-0.05, 0) is 32.4 Å². The van der Waals surface area contributed by atoms with Gasteiger partial charge in [0, 0.05) is 12.1 Å². The van der Waals surface area contributed by atoms with Crippen molar-refractivity contribution in [3.05, 3.63) is 29.8 Å². The summed E-state index contributed by atoms with van der Waals surface area (Å²) >= 11 is 0. The maximum absolute atomic E-state index is 11.7. The molecule has 1 unspecified atom stereocenters. The molecule has 0 spiro atoms. The first kappa shape index (κ1) is 16.0. The van der Waals surface area contributed by atoms with Crippen LogP contribution < -0.4 is 11.1 Å². The molecule has 20 heavy (non-hydrogen) atoms. The highest BCUT2D eigenvalue weighted by atomic mass is 16.6. The lowest BCUT2D eigenvalue weighted by Crippen LogP contribution is -2.33. The maximum atomic E-state index is 11.7. The number of nitrogens with one attached hydrogen (secondary N) is 1. The van der Waals surface area contributed by atoms with Gasteiger partial charge in [-0.25, -0.2) is 4.79 Å². The molecule has 6 heteroatoms. The van der Waals surface area contributed by atoms with E-state index in [1.165, 1.54) is 0 Å². The minimum absolute atomic E-state index is 0.126. The van der Waals surface area contributed by atoms with Crippen molar-refractivity contribution in [1.82, 2.24) is 0 Å². The van der Waals surface area contributed by atoms with Gasteiger partial charge in [0.25, 0.3) is 0 Å². The highest BCUT2D eigenvalue weighted by Gasteiger charge is 2.18. The summed E-state index contributed by atoms with van der Waals surface area (Å²) in [5.41, 5.74) is 6.05. The molecule has 0 saturated carbocycles. The molecule has 1 atom stereocenters. The first-order valence-electron chi connectivity index (χ1n) is 6.25. The van der Waals surface area contributed by atoms with Gasteiger partial charge in [0.15, 0.2) is 0 Å². The highest BCUT2D eigenvalue weighted by molar-refractivity contribution is 5.86. The highest BCUT2D eigenvalue weighted by Crippen LogP contribution is 2.18. The van der Waals surface area contributed by atoms with E-state index in [2.05, 4.69) is 5.32 Å². The Morgan fingerprint density at radius 2 is 1.95 bits per heavy atom. The van der Waals surface area contributed by atoms with Crippen molar-refractivity contribution in [3.63, 3.8) is 0 Å². The van der Waals surface area contributed by atoms with Gasteiger partial charge in [0.2, 0.25) is 0 Å². The maximum Gasteiger partial charge on any atom is 0.412 e. The van der Waals surface area contributed by atoms with Crippen LogP contribution in [0.5, 0.6) is 0 Å². The monoisotopic (exact) mass is 280 g/mol. The van der Waals surface area contributed by atoms with Gasteiger partial charge >= 0.3 is 12.1 Å². The van der Waals surface area contributed by atoms with Gasteiger partial charge in [0.05, 0.1) is 0 Å². The Kier molecular flexibility index (Phi) is 5.10. The zero-order chi connectivity index (χ0) is 15.3. The van der Waals surface area contributed by atoms with Crippen molar-refractivity contribution in [3.8, 4) is 0 Å². The average molecular weight is 280 g/mol. The van der Waals surface area contributed by atoms with Crippen LogP contribution in [-0.2, 0) is 16.0 Å². The standard InChI is InChI=1S/C14H20N2O4/c1-14(2,3)20-13(19)16-11-7-5-4-6-9(11)8-10(15)12(17)18/h4-7,10H,8,15H2,1-3H3,(H,16,19)(H,17,18). The van der Waals surface area contributed by atoms with Crippen molar-refractivity contribution >= 4 is 17.7 Å². The molecule has 1 rings (SSSR count). The quantitative estimate of drug-likeness (QED) is 0.782. The first-order valence-corrected chi connectivity index (χ1v) is 6.25. The van der Waals surface area contributed by atoms with Crippen molar-refractivity contribution in [1.29, 1.82) is 0 Å². The molecule has 1 amide bonds. The van der Waals surface area contributed by atoms with Crippen LogP contribution in [0.25, 0.3) is 0 Å². The fraction of sp³-hybridized carbons (Fsp3) is 0.429. The molecule has 0 fully saturated rings. The Morgan fingerprint density at radius 3 is 2.50 bits per heavy atom. The number of benzene rings is 1. The summed E-state index contributed by atoms with van der Waals surface area (Å²) in [6.07, 6.45) is -0.463. The molecule has 0 aliphatic heterocycles. The van der Waals surface area contributed by atoms with E-state index in [1.54, 1.807) is 45.0 Å². The second-order valence-electron chi connectivity index (χ2n) is 5.43. The molecule has 6 nitrogen and oxygen atoms in total. The van der Waals surface area contributed by atoms with E-state index in [0.29, 0.717) is 11.3 Å². The number of hydrogen-bond acceptors (Lipinski definition) is 4. The van der Waals surface area contributed by atoms with Crippen LogP contribution in [0.1, 0.15) is 26.3 Å². The molecule has 0 aliphatic rings. The van der Waals surface area contributed by atoms with Crippen LogP contribution >= 0.6 is 0 Å². The van der Waals surface area contributed by atoms with Crippen LogP contribution in [0.15, 0.2) is 24.3 Å². The van der Waals surface area contributed by atoms with E-state index >= 15 is 0 Å². The Labute approximate surface area is 117 Å². The zero-order valence-corrected chi connectivity index (χ0v) is 11.8. The third-order valence-electron chi connectivity index (χ3n) is 2.41. The Morgan fingerprint density at radius 1 is 1.35 bits per heavy atom. The van der Waals surface area contributed by atoms with Crippen LogP contribution in [0.2, 0.25) is 0 Å². The van der Waals surface area contributed by atoms with Crippen molar-refractivity contribution in [2.24, 2.45) is 5.73 Å². The number of nitrogens with two attached hydrogens (primary N) is 1. The number of hydrogen-bond donors (Lipinski definition) is 3. The van der Waals surface area contributed by atoms with Crippen LogP contribution in [-0.4, -0.2) is 28.8 Å². The summed E-state index contributed by atoms with van der Waals surface area (Å²) in [5, 5.41) is 11.4. The molecule has 1 aromatic rings. The number of carboxylic acid groups (broad SMARTS) is 1. The molecule has 0 saturated heterocycles. The van der Waals surface area contributed by atoms with Crippen LogP contribution in [0.3, 0.4) is 0 Å². The predicted octanol–water partition coefficient (Wildman–Crippen LogP) is 1.99. The van der Waals surface area contributed by atoms with Crippen LogP contribution in [0, 0.1) is 0 Å². The number of carboxylic acids is 1. The summed E-state index contributed by atoms with van der Waals surface area (Å²) in [5.74, 6) is -1.09. The largest absolute Gasteiger partial charge is 0.480 e. The molecule has 0 aliphatic carbocycles. The third-order valence-corrected chi connectivity index (χ3v) is 2.41. The first-order chi connectivity index (χ1) is 9.19.